The van der Waals surface area contributed by atoms with Gasteiger partial charge in [0.1, 0.15) is 12.4 Å². The van der Waals surface area contributed by atoms with Gasteiger partial charge < -0.3 is 19.1 Å². The lowest BCUT2D eigenvalue weighted by molar-refractivity contribution is -0.172. The molecule has 1 N–H and O–H groups in total. The van der Waals surface area contributed by atoms with Crippen LogP contribution in [0.5, 0.6) is 5.75 Å². The van der Waals surface area contributed by atoms with Gasteiger partial charge in [-0.15, -0.1) is 0 Å². The molecule has 0 saturated heterocycles. The Morgan fingerprint density at radius 1 is 1.22 bits per heavy atom. The molecule has 188 valence electrons. The van der Waals surface area contributed by atoms with E-state index in [1.807, 2.05) is 12.1 Å². The van der Waals surface area contributed by atoms with Crippen LogP contribution in [0.4, 0.5) is 0 Å². The Bertz CT molecular complexity index is 1510. The minimum absolute atomic E-state index is 0.0976. The molecule has 1 atom stereocenters. The van der Waals surface area contributed by atoms with Gasteiger partial charge in [-0.1, -0.05) is 39.4 Å². The van der Waals surface area contributed by atoms with E-state index in [-0.39, 0.29) is 24.6 Å². The molecule has 2 aliphatic rings. The monoisotopic (exact) mass is 506 g/mol. The number of esters is 2. The molecule has 0 radical (unpaired) electrons. The van der Waals surface area contributed by atoms with E-state index in [1.54, 1.807) is 23.6 Å². The van der Waals surface area contributed by atoms with Crippen molar-refractivity contribution in [1.82, 2.24) is 9.55 Å². The molecule has 36 heavy (non-hydrogen) atoms. The fourth-order valence-electron chi connectivity index (χ4n) is 5.81. The predicted octanol–water partition coefficient (Wildman–Crippen LogP) is 3.33. The molecule has 0 unspecified atom stereocenters. The number of carbonyl (C=O) groups excluding carboxylic acids is 2. The van der Waals surface area contributed by atoms with Gasteiger partial charge in [-0.2, -0.15) is 0 Å². The molecule has 1 aromatic carbocycles. The first-order chi connectivity index (χ1) is 17.0. The number of benzene rings is 1. The van der Waals surface area contributed by atoms with Gasteiger partial charge in [-0.25, -0.2) is 9.78 Å². The minimum Gasteiger partial charge on any atom is -0.458 e. The zero-order chi connectivity index (χ0) is 26.0. The summed E-state index contributed by atoms with van der Waals surface area (Å²) in [4.78, 5) is 42.7. The van der Waals surface area contributed by atoms with E-state index in [9.17, 15) is 19.5 Å². The zero-order valence-electron chi connectivity index (χ0n) is 21.2. The van der Waals surface area contributed by atoms with Crippen molar-refractivity contribution in [3.63, 3.8) is 0 Å². The van der Waals surface area contributed by atoms with Gasteiger partial charge in [0.05, 0.1) is 37.1 Å². The van der Waals surface area contributed by atoms with Crippen molar-refractivity contribution in [1.29, 1.82) is 0 Å². The largest absolute Gasteiger partial charge is 0.458 e. The van der Waals surface area contributed by atoms with Gasteiger partial charge in [0.15, 0.2) is 5.60 Å². The lowest BCUT2D eigenvalue weighted by Crippen LogP contribution is -2.45. The average molecular weight is 507 g/mol. The third-order valence-electron chi connectivity index (χ3n) is 7.47. The number of cyclic esters (lactones) is 1. The van der Waals surface area contributed by atoms with Crippen LogP contribution in [0.15, 0.2) is 29.1 Å². The number of hydrogen-bond acceptors (Lipinski definition) is 7. The van der Waals surface area contributed by atoms with E-state index >= 15 is 0 Å². The Morgan fingerprint density at radius 3 is 2.64 bits per heavy atom. The molecule has 2 aromatic heterocycles. The van der Waals surface area contributed by atoms with Crippen LogP contribution in [0.3, 0.4) is 0 Å². The molecule has 0 saturated carbocycles. The first kappa shape index (κ1) is 24.4. The van der Waals surface area contributed by atoms with Gasteiger partial charge in [0.2, 0.25) is 0 Å². The van der Waals surface area contributed by atoms with Crippen LogP contribution in [0.2, 0.25) is 19.1 Å². The lowest BCUT2D eigenvalue weighted by Gasteiger charge is -2.31. The molecule has 9 heteroatoms. The molecule has 8 nitrogen and oxygen atoms in total. The molecular weight excluding hydrogens is 476 g/mol. The zero-order valence-corrected chi connectivity index (χ0v) is 22.2. The SMILES string of the molecule is CCC[Si](C)(C)c1c2c(nc3ccc(OC(C)=O)cc13)-c1cc3c(c(=O)n1C2)COC(=O)[C@]3(O)CC. The highest BCUT2D eigenvalue weighted by Gasteiger charge is 2.46. The van der Waals surface area contributed by atoms with Crippen LogP contribution in [-0.2, 0) is 33.1 Å². The number of fused-ring (bicyclic) bond motifs is 5. The van der Waals surface area contributed by atoms with Gasteiger partial charge in [0, 0.05) is 17.9 Å². The third kappa shape index (κ3) is 3.52. The normalized spacial score (nSPS) is 18.4. The molecule has 0 spiro atoms. The number of aromatic nitrogens is 2. The summed E-state index contributed by atoms with van der Waals surface area (Å²) in [5.74, 6) is -0.660. The van der Waals surface area contributed by atoms with Crippen molar-refractivity contribution in [3.8, 4) is 17.1 Å². The van der Waals surface area contributed by atoms with E-state index in [0.717, 1.165) is 28.9 Å². The predicted molar refractivity (Wildman–Crippen MR) is 138 cm³/mol. The maximum atomic E-state index is 13.6. The van der Waals surface area contributed by atoms with Crippen molar-refractivity contribution in [2.45, 2.75) is 71.5 Å². The highest BCUT2D eigenvalue weighted by molar-refractivity contribution is 6.91. The minimum atomic E-state index is -2.02. The number of aliphatic hydroxyl groups is 1. The quantitative estimate of drug-likeness (QED) is 0.251. The summed E-state index contributed by atoms with van der Waals surface area (Å²) in [6.45, 7) is 10.0. The Morgan fingerprint density at radius 2 is 1.97 bits per heavy atom. The highest BCUT2D eigenvalue weighted by Crippen LogP contribution is 2.39. The summed E-state index contributed by atoms with van der Waals surface area (Å²) < 4.78 is 12.3. The maximum Gasteiger partial charge on any atom is 0.343 e. The number of nitrogens with zero attached hydrogens (tertiary/aromatic N) is 2. The van der Waals surface area contributed by atoms with Crippen molar-refractivity contribution < 1.29 is 24.2 Å². The Kier molecular flexibility index (Phi) is 5.68. The molecule has 0 amide bonds. The van der Waals surface area contributed by atoms with Crippen molar-refractivity contribution in [2.75, 3.05) is 0 Å². The van der Waals surface area contributed by atoms with Gasteiger partial charge >= 0.3 is 11.9 Å². The van der Waals surface area contributed by atoms with Crippen LogP contribution in [0.25, 0.3) is 22.3 Å². The van der Waals surface area contributed by atoms with Crippen molar-refractivity contribution in [3.05, 3.63) is 51.3 Å². The number of ether oxygens (including phenoxy) is 2. The molecular formula is C27H30N2O6Si. The molecule has 2 aliphatic heterocycles. The smallest absolute Gasteiger partial charge is 0.343 e. The molecule has 0 bridgehead atoms. The summed E-state index contributed by atoms with van der Waals surface area (Å²) in [6.07, 6.45) is 1.12. The van der Waals surface area contributed by atoms with E-state index in [2.05, 4.69) is 20.0 Å². The van der Waals surface area contributed by atoms with Crippen LogP contribution in [0, 0.1) is 0 Å². The lowest BCUT2D eigenvalue weighted by atomic mass is 9.86. The fourth-order valence-corrected chi connectivity index (χ4v) is 9.25. The van der Waals surface area contributed by atoms with Crippen LogP contribution < -0.4 is 15.5 Å². The van der Waals surface area contributed by atoms with E-state index < -0.39 is 19.6 Å². The van der Waals surface area contributed by atoms with E-state index in [4.69, 9.17) is 14.5 Å². The summed E-state index contributed by atoms with van der Waals surface area (Å²) >= 11 is 0. The van der Waals surface area contributed by atoms with E-state index in [0.29, 0.717) is 34.8 Å². The Balaban J connectivity index is 1.82. The van der Waals surface area contributed by atoms with Crippen LogP contribution in [0.1, 0.15) is 50.3 Å². The summed E-state index contributed by atoms with van der Waals surface area (Å²) in [5.41, 5.74) is 1.52. The Hall–Kier alpha value is -3.30. The topological polar surface area (TPSA) is 108 Å². The first-order valence-corrected chi connectivity index (χ1v) is 15.5. The maximum absolute atomic E-state index is 13.6. The molecule has 3 aromatic rings. The third-order valence-corrected chi connectivity index (χ3v) is 11.1. The molecule has 5 rings (SSSR count). The standard InChI is InChI=1S/C27H30N2O6Si/c1-6-10-36(4,5)24-17-11-16(35-15(3)30)8-9-21(17)28-23-18(24)13-29-22(23)12-20-19(25(29)31)14-34-26(32)27(20,33)7-2/h8-9,11-12,33H,6-7,10,13-14H2,1-5H3/t27-/m0/s1. The van der Waals surface area contributed by atoms with Gasteiger partial charge in [-0.05, 0) is 41.4 Å². The van der Waals surface area contributed by atoms with Crippen molar-refractivity contribution in [2.24, 2.45) is 0 Å². The summed E-state index contributed by atoms with van der Waals surface area (Å²) in [6, 6.07) is 8.23. The second kappa shape index (κ2) is 8.38. The second-order valence-electron chi connectivity index (χ2n) is 10.3. The first-order valence-electron chi connectivity index (χ1n) is 12.3. The Labute approximate surface area is 209 Å². The van der Waals surface area contributed by atoms with Gasteiger partial charge in [-0.3, -0.25) is 9.59 Å². The summed E-state index contributed by atoms with van der Waals surface area (Å²) in [7, 11) is -2.02. The molecule has 0 aliphatic carbocycles. The van der Waals surface area contributed by atoms with Gasteiger partial charge in [0.25, 0.3) is 5.56 Å². The number of pyridine rings is 2. The van der Waals surface area contributed by atoms with Crippen molar-refractivity contribution >= 4 is 36.1 Å². The van der Waals surface area contributed by atoms with Crippen LogP contribution >= 0.6 is 0 Å². The fraction of sp³-hybridized carbons (Fsp3) is 0.407. The molecule has 0 fully saturated rings. The van der Waals surface area contributed by atoms with E-state index in [1.165, 1.54) is 12.1 Å². The second-order valence-corrected chi connectivity index (χ2v) is 15.1. The number of rotatable bonds is 5. The summed E-state index contributed by atoms with van der Waals surface area (Å²) in [5, 5.41) is 13.3. The number of hydrogen-bond donors (Lipinski definition) is 1. The number of carbonyl (C=O) groups is 2. The highest BCUT2D eigenvalue weighted by atomic mass is 28.3. The average Bonchev–Trinajstić information content (AvgIpc) is 3.18. The van der Waals surface area contributed by atoms with Crippen LogP contribution in [-0.4, -0.2) is 34.7 Å². The molecule has 4 heterocycles.